The van der Waals surface area contributed by atoms with Crippen LogP contribution in [0.2, 0.25) is 0 Å². The summed E-state index contributed by atoms with van der Waals surface area (Å²) in [5, 5.41) is 8.77. The van der Waals surface area contributed by atoms with Crippen molar-refractivity contribution in [3.63, 3.8) is 0 Å². The van der Waals surface area contributed by atoms with Gasteiger partial charge in [0.05, 0.1) is 5.92 Å². The topological polar surface area (TPSA) is 40.5 Å². The third-order valence-corrected chi connectivity index (χ3v) is 3.24. The molecule has 1 aliphatic carbocycles. The number of fused-ring (bicyclic) bond motifs is 1. The predicted molar refractivity (Wildman–Crippen MR) is 44.8 cm³/mol. The van der Waals surface area contributed by atoms with Gasteiger partial charge < -0.3 is 10.0 Å². The Kier molecular flexibility index (Phi) is 1.65. The first-order valence-electron chi connectivity index (χ1n) is 4.58. The fourth-order valence-corrected chi connectivity index (χ4v) is 2.35. The summed E-state index contributed by atoms with van der Waals surface area (Å²) in [7, 11) is 0. The maximum atomic E-state index is 10.6. The van der Waals surface area contributed by atoms with E-state index < -0.39 is 5.97 Å². The number of nitrogens with zero attached hydrogens (tertiary/aromatic N) is 1. The minimum atomic E-state index is -0.589. The van der Waals surface area contributed by atoms with E-state index in [-0.39, 0.29) is 5.92 Å². The van der Waals surface area contributed by atoms with Crippen molar-refractivity contribution in [2.24, 2.45) is 17.8 Å². The highest BCUT2D eigenvalue weighted by molar-refractivity contribution is 5.74. The number of rotatable bonds is 2. The summed E-state index contributed by atoms with van der Waals surface area (Å²) in [6.07, 6.45) is 0. The number of piperidine rings is 1. The van der Waals surface area contributed by atoms with Gasteiger partial charge in [-0.05, 0) is 25.7 Å². The molecule has 3 nitrogen and oxygen atoms in total. The second-order valence-electron chi connectivity index (χ2n) is 4.24. The van der Waals surface area contributed by atoms with Crippen LogP contribution in [0.5, 0.6) is 0 Å². The number of likely N-dealkylation sites (tertiary alicyclic amines) is 1. The third kappa shape index (κ3) is 1.04. The van der Waals surface area contributed by atoms with E-state index in [0.29, 0.717) is 17.9 Å². The molecule has 0 bridgehead atoms. The van der Waals surface area contributed by atoms with Crippen LogP contribution in [-0.2, 0) is 4.79 Å². The van der Waals surface area contributed by atoms with Crippen LogP contribution in [-0.4, -0.2) is 35.1 Å². The Morgan fingerprint density at radius 1 is 1.42 bits per heavy atom. The van der Waals surface area contributed by atoms with Gasteiger partial charge in [0.2, 0.25) is 0 Å². The zero-order chi connectivity index (χ0) is 8.88. The van der Waals surface area contributed by atoms with Crippen molar-refractivity contribution in [3.8, 4) is 0 Å². The maximum Gasteiger partial charge on any atom is 0.307 e. The van der Waals surface area contributed by atoms with Gasteiger partial charge in [-0.3, -0.25) is 4.79 Å². The fraction of sp³-hybridized carbons (Fsp3) is 0.889. The molecule has 68 valence electrons. The Hall–Kier alpha value is -0.570. The smallest absolute Gasteiger partial charge is 0.307 e. The Bertz CT molecular complexity index is 203. The van der Waals surface area contributed by atoms with Crippen molar-refractivity contribution in [2.75, 3.05) is 13.1 Å². The number of carboxylic acids is 1. The largest absolute Gasteiger partial charge is 0.481 e. The normalized spacial score (nSPS) is 40.1. The zero-order valence-electron chi connectivity index (χ0n) is 7.53. The molecule has 0 aromatic carbocycles. The molecule has 1 N–H and O–H groups in total. The lowest BCUT2D eigenvalue weighted by molar-refractivity contribution is -0.139. The second kappa shape index (κ2) is 2.46. The molecule has 1 saturated carbocycles. The van der Waals surface area contributed by atoms with Gasteiger partial charge in [0.15, 0.2) is 0 Å². The first-order chi connectivity index (χ1) is 5.61. The minimum absolute atomic E-state index is 0.0139. The quantitative estimate of drug-likeness (QED) is 0.660. The third-order valence-electron chi connectivity index (χ3n) is 3.24. The van der Waals surface area contributed by atoms with E-state index in [9.17, 15) is 4.79 Å². The molecule has 0 radical (unpaired) electrons. The van der Waals surface area contributed by atoms with Crippen molar-refractivity contribution < 1.29 is 9.90 Å². The fourth-order valence-electron chi connectivity index (χ4n) is 2.35. The van der Waals surface area contributed by atoms with Crippen LogP contribution < -0.4 is 0 Å². The molecule has 2 rings (SSSR count). The number of hydrogen-bond donors (Lipinski definition) is 1. The van der Waals surface area contributed by atoms with Gasteiger partial charge in [0.1, 0.15) is 0 Å². The number of carbonyl (C=O) groups is 1. The molecule has 0 aromatic rings. The standard InChI is InChI=1S/C9H15NO2/c1-5(2)10-3-6-7(4-10)8(6)9(11)12/h5-8H,3-4H2,1-2H3,(H,11,12). The molecule has 0 aromatic heterocycles. The molecule has 1 aliphatic heterocycles. The Morgan fingerprint density at radius 3 is 2.25 bits per heavy atom. The molecule has 12 heavy (non-hydrogen) atoms. The highest BCUT2D eigenvalue weighted by Gasteiger charge is 2.59. The number of aliphatic carboxylic acids is 1. The molecule has 1 heterocycles. The van der Waals surface area contributed by atoms with Gasteiger partial charge in [-0.25, -0.2) is 0 Å². The average Bonchev–Trinajstić information content (AvgIpc) is 2.48. The van der Waals surface area contributed by atoms with E-state index >= 15 is 0 Å². The summed E-state index contributed by atoms with van der Waals surface area (Å²) in [4.78, 5) is 13.0. The van der Waals surface area contributed by atoms with Crippen LogP contribution in [0.3, 0.4) is 0 Å². The molecule has 2 atom stereocenters. The van der Waals surface area contributed by atoms with E-state index in [1.165, 1.54) is 0 Å². The maximum absolute atomic E-state index is 10.6. The Labute approximate surface area is 72.4 Å². The van der Waals surface area contributed by atoms with Gasteiger partial charge in [-0.2, -0.15) is 0 Å². The van der Waals surface area contributed by atoms with Gasteiger partial charge >= 0.3 is 5.97 Å². The van der Waals surface area contributed by atoms with Crippen molar-refractivity contribution in [1.29, 1.82) is 0 Å². The monoisotopic (exact) mass is 169 g/mol. The minimum Gasteiger partial charge on any atom is -0.481 e. The molecule has 0 amide bonds. The predicted octanol–water partition coefficient (Wildman–Crippen LogP) is 0.657. The summed E-state index contributed by atoms with van der Waals surface area (Å²) in [6.45, 7) is 6.33. The van der Waals surface area contributed by atoms with Crippen LogP contribution in [0.25, 0.3) is 0 Å². The molecule has 2 aliphatic rings. The van der Waals surface area contributed by atoms with Crippen molar-refractivity contribution in [1.82, 2.24) is 4.90 Å². The summed E-state index contributed by atoms with van der Waals surface area (Å²) < 4.78 is 0. The van der Waals surface area contributed by atoms with Crippen LogP contribution >= 0.6 is 0 Å². The highest BCUT2D eigenvalue weighted by atomic mass is 16.4. The second-order valence-corrected chi connectivity index (χ2v) is 4.24. The van der Waals surface area contributed by atoms with E-state index in [2.05, 4.69) is 18.7 Å². The van der Waals surface area contributed by atoms with E-state index in [1.807, 2.05) is 0 Å². The molecular formula is C9H15NO2. The van der Waals surface area contributed by atoms with Crippen molar-refractivity contribution >= 4 is 5.97 Å². The lowest BCUT2D eigenvalue weighted by Crippen LogP contribution is -2.32. The summed E-state index contributed by atoms with van der Waals surface area (Å²) in [5.41, 5.74) is 0. The summed E-state index contributed by atoms with van der Waals surface area (Å²) >= 11 is 0. The molecular weight excluding hydrogens is 154 g/mol. The molecule has 2 fully saturated rings. The molecule has 0 spiro atoms. The molecule has 3 heteroatoms. The highest BCUT2D eigenvalue weighted by Crippen LogP contribution is 2.52. The summed E-state index contributed by atoms with van der Waals surface area (Å²) in [5.74, 6) is 0.322. The van der Waals surface area contributed by atoms with Gasteiger partial charge in [-0.1, -0.05) is 0 Å². The van der Waals surface area contributed by atoms with E-state index in [1.54, 1.807) is 0 Å². The van der Waals surface area contributed by atoms with Crippen molar-refractivity contribution in [2.45, 2.75) is 19.9 Å². The van der Waals surface area contributed by atoms with Crippen LogP contribution in [0.1, 0.15) is 13.8 Å². The lowest BCUT2D eigenvalue weighted by atomic mass is 10.2. The number of carboxylic acid groups (broad SMARTS) is 1. The van der Waals surface area contributed by atoms with E-state index in [0.717, 1.165) is 13.1 Å². The number of hydrogen-bond acceptors (Lipinski definition) is 2. The van der Waals surface area contributed by atoms with Crippen LogP contribution in [0.15, 0.2) is 0 Å². The Morgan fingerprint density at radius 2 is 1.92 bits per heavy atom. The lowest BCUT2D eigenvalue weighted by Gasteiger charge is -2.22. The van der Waals surface area contributed by atoms with Crippen LogP contribution in [0, 0.1) is 17.8 Å². The van der Waals surface area contributed by atoms with Gasteiger partial charge in [0.25, 0.3) is 0 Å². The first kappa shape index (κ1) is 8.05. The average molecular weight is 169 g/mol. The zero-order valence-corrected chi connectivity index (χ0v) is 7.53. The summed E-state index contributed by atoms with van der Waals surface area (Å²) in [6, 6.07) is 0.576. The van der Waals surface area contributed by atoms with E-state index in [4.69, 9.17) is 5.11 Å². The molecule has 1 saturated heterocycles. The van der Waals surface area contributed by atoms with Crippen LogP contribution in [0.4, 0.5) is 0 Å². The van der Waals surface area contributed by atoms with Crippen molar-refractivity contribution in [3.05, 3.63) is 0 Å². The Balaban J connectivity index is 1.90. The molecule has 2 unspecified atom stereocenters. The van der Waals surface area contributed by atoms with Gasteiger partial charge in [0, 0.05) is 19.1 Å². The SMILES string of the molecule is CC(C)N1CC2C(C1)C2C(=O)O. The van der Waals surface area contributed by atoms with Gasteiger partial charge in [-0.15, -0.1) is 0 Å². The first-order valence-corrected chi connectivity index (χ1v) is 4.58.